The summed E-state index contributed by atoms with van der Waals surface area (Å²) in [6.07, 6.45) is 12.2. The largest absolute Gasteiger partial charge is 0.390 e. The highest BCUT2D eigenvalue weighted by atomic mass is 16.3. The van der Waals surface area contributed by atoms with Gasteiger partial charge in [-0.3, -0.25) is 0 Å². The predicted molar refractivity (Wildman–Crippen MR) is 105 cm³/mol. The van der Waals surface area contributed by atoms with Gasteiger partial charge in [-0.15, -0.1) is 0 Å². The summed E-state index contributed by atoms with van der Waals surface area (Å²) in [6, 6.07) is 0. The Morgan fingerprint density at radius 3 is 2.44 bits per heavy atom. The van der Waals surface area contributed by atoms with Gasteiger partial charge in [0.25, 0.3) is 0 Å². The van der Waals surface area contributed by atoms with Crippen molar-refractivity contribution in [3.63, 3.8) is 0 Å². The summed E-state index contributed by atoms with van der Waals surface area (Å²) in [6.45, 7) is 11.8. The Balaban J connectivity index is 2.39. The van der Waals surface area contributed by atoms with Gasteiger partial charge in [-0.25, -0.2) is 0 Å². The van der Waals surface area contributed by atoms with Gasteiger partial charge < -0.3 is 15.3 Å². The first-order valence-corrected chi connectivity index (χ1v) is 9.37. The molecule has 1 fully saturated rings. The van der Waals surface area contributed by atoms with E-state index in [0.717, 1.165) is 31.3 Å². The second-order valence-corrected chi connectivity index (χ2v) is 8.17. The second kappa shape index (κ2) is 10.1. The molecule has 25 heavy (non-hydrogen) atoms. The van der Waals surface area contributed by atoms with Crippen molar-refractivity contribution in [2.75, 3.05) is 0 Å². The van der Waals surface area contributed by atoms with Crippen LogP contribution in [0.4, 0.5) is 0 Å². The minimum absolute atomic E-state index is 0.517. The van der Waals surface area contributed by atoms with Gasteiger partial charge in [0, 0.05) is 0 Å². The van der Waals surface area contributed by atoms with Gasteiger partial charge in [0.15, 0.2) is 0 Å². The van der Waals surface area contributed by atoms with Crippen LogP contribution in [0.3, 0.4) is 0 Å². The van der Waals surface area contributed by atoms with E-state index in [9.17, 15) is 15.3 Å². The van der Waals surface area contributed by atoms with E-state index < -0.39 is 17.8 Å². The molecular formula is C22H36O3. The first kappa shape index (κ1) is 21.9. The van der Waals surface area contributed by atoms with Crippen LogP contribution in [0.1, 0.15) is 66.2 Å². The Labute approximate surface area is 153 Å². The summed E-state index contributed by atoms with van der Waals surface area (Å²) >= 11 is 0. The van der Waals surface area contributed by atoms with E-state index in [-0.39, 0.29) is 0 Å². The number of hydrogen-bond acceptors (Lipinski definition) is 3. The minimum Gasteiger partial charge on any atom is -0.390 e. The van der Waals surface area contributed by atoms with E-state index in [0.29, 0.717) is 24.3 Å². The molecule has 1 aliphatic carbocycles. The molecule has 0 amide bonds. The van der Waals surface area contributed by atoms with Crippen molar-refractivity contribution in [3.05, 3.63) is 47.6 Å². The lowest BCUT2D eigenvalue weighted by atomic mass is 9.86. The molecular weight excluding hydrogens is 312 g/mol. The molecule has 1 saturated carbocycles. The van der Waals surface area contributed by atoms with Gasteiger partial charge in [-0.2, -0.15) is 0 Å². The van der Waals surface area contributed by atoms with Crippen molar-refractivity contribution < 1.29 is 15.3 Å². The lowest BCUT2D eigenvalue weighted by Gasteiger charge is -2.27. The molecule has 0 aromatic rings. The van der Waals surface area contributed by atoms with Crippen LogP contribution in [0.25, 0.3) is 0 Å². The number of allylic oxidation sites excluding steroid dienone is 5. The standard InChI is InChI=1S/C22H36O3/c1-16(13-17(2)10-8-12-22(4,5)25)9-6-7-11-19-14-20(23)18(3)21(24)15-19/h6-7,11,13,17,20-21,23-25H,3,8-10,12,14-15H2,1-2,4-5H3/b7-6+,16-13+/t17-,20+,21+/m0/s1. The zero-order valence-corrected chi connectivity index (χ0v) is 16.3. The molecule has 0 saturated heterocycles. The topological polar surface area (TPSA) is 60.7 Å². The Morgan fingerprint density at radius 2 is 1.88 bits per heavy atom. The Hall–Kier alpha value is -1.16. The fourth-order valence-corrected chi connectivity index (χ4v) is 3.15. The molecule has 1 rings (SSSR count). The zero-order chi connectivity index (χ0) is 19.0. The molecule has 3 nitrogen and oxygen atoms in total. The maximum absolute atomic E-state index is 9.83. The quantitative estimate of drug-likeness (QED) is 0.568. The van der Waals surface area contributed by atoms with Crippen molar-refractivity contribution in [3.8, 4) is 0 Å². The summed E-state index contributed by atoms with van der Waals surface area (Å²) in [7, 11) is 0. The van der Waals surface area contributed by atoms with Crippen molar-refractivity contribution in [2.45, 2.75) is 84.0 Å². The summed E-state index contributed by atoms with van der Waals surface area (Å²) in [5.41, 5.74) is 2.35. The highest BCUT2D eigenvalue weighted by Crippen LogP contribution is 2.27. The van der Waals surface area contributed by atoms with Crippen LogP contribution < -0.4 is 0 Å². The van der Waals surface area contributed by atoms with Crippen LogP contribution >= 0.6 is 0 Å². The van der Waals surface area contributed by atoms with Crippen LogP contribution in [0.2, 0.25) is 0 Å². The van der Waals surface area contributed by atoms with Gasteiger partial charge in [-0.1, -0.05) is 55.4 Å². The predicted octanol–water partition coefficient (Wildman–Crippen LogP) is 4.45. The van der Waals surface area contributed by atoms with Gasteiger partial charge in [-0.05, 0) is 64.4 Å². The molecule has 0 bridgehead atoms. The SMILES string of the molecule is C=C1[C@H](O)CC(=C/C=C/C/C(C)=C/[C@@H](C)CCCC(C)(C)O)C[C@H]1O. The first-order valence-electron chi connectivity index (χ1n) is 9.37. The molecule has 1 aliphatic rings. The van der Waals surface area contributed by atoms with Crippen molar-refractivity contribution >= 4 is 0 Å². The van der Waals surface area contributed by atoms with Gasteiger partial charge in [0.1, 0.15) is 0 Å². The monoisotopic (exact) mass is 348 g/mol. The molecule has 0 heterocycles. The van der Waals surface area contributed by atoms with E-state index in [1.54, 1.807) is 0 Å². The molecule has 3 atom stereocenters. The average Bonchev–Trinajstić information content (AvgIpc) is 2.47. The molecule has 142 valence electrons. The maximum atomic E-state index is 9.83. The summed E-state index contributed by atoms with van der Waals surface area (Å²) < 4.78 is 0. The highest BCUT2D eigenvalue weighted by molar-refractivity contribution is 5.26. The van der Waals surface area contributed by atoms with E-state index in [1.807, 2.05) is 26.0 Å². The average molecular weight is 349 g/mol. The van der Waals surface area contributed by atoms with Gasteiger partial charge in [0.2, 0.25) is 0 Å². The minimum atomic E-state index is -0.630. The normalized spacial score (nSPS) is 24.0. The summed E-state index contributed by atoms with van der Waals surface area (Å²) in [5, 5.41) is 29.4. The molecule has 0 unspecified atom stereocenters. The van der Waals surface area contributed by atoms with Crippen LogP contribution in [-0.2, 0) is 0 Å². The highest BCUT2D eigenvalue weighted by Gasteiger charge is 2.25. The summed E-state index contributed by atoms with van der Waals surface area (Å²) in [5.74, 6) is 0.517. The molecule has 0 aromatic heterocycles. The number of aliphatic hydroxyl groups is 3. The van der Waals surface area contributed by atoms with E-state index in [1.165, 1.54) is 5.57 Å². The van der Waals surface area contributed by atoms with Crippen molar-refractivity contribution in [1.29, 1.82) is 0 Å². The Morgan fingerprint density at radius 1 is 1.28 bits per heavy atom. The second-order valence-electron chi connectivity index (χ2n) is 8.17. The van der Waals surface area contributed by atoms with E-state index in [4.69, 9.17) is 0 Å². The lowest BCUT2D eigenvalue weighted by molar-refractivity contribution is 0.0675. The molecule has 3 N–H and O–H groups in total. The third-order valence-corrected chi connectivity index (χ3v) is 4.69. The smallest absolute Gasteiger partial charge is 0.0809 e. The maximum Gasteiger partial charge on any atom is 0.0809 e. The molecule has 0 aliphatic heterocycles. The fraction of sp³-hybridized carbons (Fsp3) is 0.636. The van der Waals surface area contributed by atoms with Crippen molar-refractivity contribution in [1.82, 2.24) is 0 Å². The van der Waals surface area contributed by atoms with Crippen LogP contribution in [-0.4, -0.2) is 33.1 Å². The van der Waals surface area contributed by atoms with E-state index in [2.05, 4.69) is 32.6 Å². The third kappa shape index (κ3) is 9.20. The van der Waals surface area contributed by atoms with Crippen LogP contribution in [0.5, 0.6) is 0 Å². The zero-order valence-electron chi connectivity index (χ0n) is 16.3. The molecule has 0 radical (unpaired) electrons. The molecule has 0 spiro atoms. The molecule has 3 heteroatoms. The van der Waals surface area contributed by atoms with Crippen LogP contribution in [0, 0.1) is 5.92 Å². The Kier molecular flexibility index (Phi) is 8.84. The van der Waals surface area contributed by atoms with Crippen molar-refractivity contribution in [2.24, 2.45) is 5.92 Å². The Bertz CT molecular complexity index is 504. The number of hydrogen-bond donors (Lipinski definition) is 3. The molecule has 0 aromatic carbocycles. The third-order valence-electron chi connectivity index (χ3n) is 4.69. The number of rotatable bonds is 8. The van der Waals surface area contributed by atoms with Gasteiger partial charge in [0.05, 0.1) is 17.8 Å². The number of aliphatic hydroxyl groups excluding tert-OH is 2. The first-order chi connectivity index (χ1) is 11.6. The lowest BCUT2D eigenvalue weighted by Crippen LogP contribution is -2.27. The van der Waals surface area contributed by atoms with E-state index >= 15 is 0 Å². The van der Waals surface area contributed by atoms with Crippen LogP contribution in [0.15, 0.2) is 47.6 Å². The fourth-order valence-electron chi connectivity index (χ4n) is 3.15. The van der Waals surface area contributed by atoms with Gasteiger partial charge >= 0.3 is 0 Å². The summed E-state index contributed by atoms with van der Waals surface area (Å²) in [4.78, 5) is 0.